The van der Waals surface area contributed by atoms with Crippen LogP contribution in [-0.2, 0) is 6.42 Å². The van der Waals surface area contributed by atoms with Crippen molar-refractivity contribution in [3.8, 4) is 0 Å². The van der Waals surface area contributed by atoms with Crippen LogP contribution in [0, 0.1) is 0 Å². The van der Waals surface area contributed by atoms with Gasteiger partial charge in [0.1, 0.15) is 0 Å². The largest absolute Gasteiger partial charge is 0.0728 e. The van der Waals surface area contributed by atoms with E-state index in [9.17, 15) is 0 Å². The maximum Gasteiger partial charge on any atom is 0.0205 e. The summed E-state index contributed by atoms with van der Waals surface area (Å²) in [7, 11) is 0. The van der Waals surface area contributed by atoms with Crippen molar-refractivity contribution >= 4 is 20.4 Å². The molecule has 0 radical (unpaired) electrons. The third kappa shape index (κ3) is 3.00. The van der Waals surface area contributed by atoms with Gasteiger partial charge < -0.3 is 0 Å². The highest BCUT2D eigenvalue weighted by Gasteiger charge is 1.95. The van der Waals surface area contributed by atoms with Crippen LogP contribution in [0.25, 0.3) is 4.48 Å². The Morgan fingerprint density at radius 3 is 2.38 bits per heavy atom. The van der Waals surface area contributed by atoms with Crippen molar-refractivity contribution in [1.82, 2.24) is 0 Å². The smallest absolute Gasteiger partial charge is 0.0205 e. The lowest BCUT2D eigenvalue weighted by Gasteiger charge is -2.01. The van der Waals surface area contributed by atoms with E-state index in [1.165, 1.54) is 24.0 Å². The van der Waals surface area contributed by atoms with Gasteiger partial charge in [-0.05, 0) is 24.5 Å². The summed E-state index contributed by atoms with van der Waals surface area (Å²) in [4.78, 5) is 0. The van der Waals surface area contributed by atoms with Crippen molar-refractivity contribution in [3.63, 3.8) is 0 Å². The molecule has 0 unspecified atom stereocenters. The maximum absolute atomic E-state index is 3.51. The van der Waals surface area contributed by atoms with E-state index in [-0.39, 0.29) is 0 Å². The molecule has 0 saturated carbocycles. The average molecular weight is 239 g/mol. The van der Waals surface area contributed by atoms with Crippen LogP contribution in [0.15, 0.2) is 30.3 Å². The summed E-state index contributed by atoms with van der Waals surface area (Å²) in [6, 6.07) is 8.72. The van der Waals surface area contributed by atoms with E-state index in [0.29, 0.717) is 0 Å². The molecule has 1 aromatic carbocycles. The summed E-state index contributed by atoms with van der Waals surface area (Å²) in [5.41, 5.74) is 2.67. The van der Waals surface area contributed by atoms with Crippen molar-refractivity contribution < 1.29 is 0 Å². The van der Waals surface area contributed by atoms with Crippen LogP contribution in [0.4, 0.5) is 0 Å². The number of aryl methyl sites for hydroxylation is 1. The van der Waals surface area contributed by atoms with Crippen LogP contribution in [0.3, 0.4) is 0 Å². The highest BCUT2D eigenvalue weighted by Crippen LogP contribution is 2.21. The minimum absolute atomic E-state index is 1.16. The van der Waals surface area contributed by atoms with E-state index in [1.807, 2.05) is 6.92 Å². The van der Waals surface area contributed by atoms with Gasteiger partial charge in [0.25, 0.3) is 0 Å². The molecule has 0 nitrogen and oxygen atoms in total. The Morgan fingerprint density at radius 1 is 1.31 bits per heavy atom. The summed E-state index contributed by atoms with van der Waals surface area (Å²) in [6.45, 7) is 4.24. The lowest BCUT2D eigenvalue weighted by Crippen LogP contribution is -1.83. The summed E-state index contributed by atoms with van der Waals surface area (Å²) in [5, 5.41) is 0. The zero-order chi connectivity index (χ0) is 9.68. The Balaban J connectivity index is 2.81. The number of benzene rings is 1. The molecule has 0 spiro atoms. The van der Waals surface area contributed by atoms with Gasteiger partial charge in [-0.15, -0.1) is 0 Å². The predicted molar refractivity (Wildman–Crippen MR) is 63.0 cm³/mol. The van der Waals surface area contributed by atoms with Crippen molar-refractivity contribution in [2.24, 2.45) is 0 Å². The molecule has 0 aliphatic carbocycles. The van der Waals surface area contributed by atoms with Gasteiger partial charge in [0.2, 0.25) is 0 Å². The Morgan fingerprint density at radius 2 is 1.92 bits per heavy atom. The van der Waals surface area contributed by atoms with Crippen molar-refractivity contribution in [2.45, 2.75) is 26.7 Å². The Kier molecular flexibility index (Phi) is 4.23. The zero-order valence-corrected chi connectivity index (χ0v) is 9.76. The molecule has 1 aromatic rings. The van der Waals surface area contributed by atoms with Gasteiger partial charge in [0, 0.05) is 4.48 Å². The fraction of sp³-hybridized carbons (Fsp3) is 0.333. The monoisotopic (exact) mass is 238 g/mol. The standard InChI is InChI=1S/C12H15Br/c1-3-5-10-6-8-11(9-7-10)12(13)4-2/h4,6-9H,3,5H2,1-2H3/b12-4-. The van der Waals surface area contributed by atoms with Gasteiger partial charge in [-0.3, -0.25) is 0 Å². The number of hydrogen-bond acceptors (Lipinski definition) is 0. The molecule has 0 saturated heterocycles. The van der Waals surface area contributed by atoms with Gasteiger partial charge in [-0.2, -0.15) is 0 Å². The first-order valence-electron chi connectivity index (χ1n) is 4.69. The summed E-state index contributed by atoms with van der Waals surface area (Å²) in [6.07, 6.45) is 4.45. The minimum atomic E-state index is 1.16. The van der Waals surface area contributed by atoms with Crippen molar-refractivity contribution in [3.05, 3.63) is 41.5 Å². The highest BCUT2D eigenvalue weighted by atomic mass is 79.9. The lowest BCUT2D eigenvalue weighted by molar-refractivity contribution is 0.922. The molecule has 0 amide bonds. The maximum atomic E-state index is 3.51. The average Bonchev–Trinajstić information content (AvgIpc) is 2.18. The first-order chi connectivity index (χ1) is 6.27. The molecular weight excluding hydrogens is 224 g/mol. The molecule has 0 atom stereocenters. The first-order valence-corrected chi connectivity index (χ1v) is 5.48. The van der Waals surface area contributed by atoms with E-state index in [1.54, 1.807) is 0 Å². The number of halogens is 1. The number of allylic oxidation sites excluding steroid dienone is 1. The summed E-state index contributed by atoms with van der Waals surface area (Å²) in [5.74, 6) is 0. The topological polar surface area (TPSA) is 0 Å². The van der Waals surface area contributed by atoms with Crippen LogP contribution in [-0.4, -0.2) is 0 Å². The lowest BCUT2D eigenvalue weighted by atomic mass is 10.1. The van der Waals surface area contributed by atoms with Crippen LogP contribution in [0.2, 0.25) is 0 Å². The van der Waals surface area contributed by atoms with Crippen LogP contribution in [0.5, 0.6) is 0 Å². The normalized spacial score (nSPS) is 11.8. The Bertz CT molecular complexity index is 282. The second-order valence-electron chi connectivity index (χ2n) is 3.08. The molecule has 0 fully saturated rings. The molecule has 0 heterocycles. The minimum Gasteiger partial charge on any atom is -0.0728 e. The van der Waals surface area contributed by atoms with Gasteiger partial charge in [-0.25, -0.2) is 0 Å². The molecule has 0 aromatic heterocycles. The second kappa shape index (κ2) is 5.23. The number of hydrogen-bond donors (Lipinski definition) is 0. The van der Waals surface area contributed by atoms with Gasteiger partial charge >= 0.3 is 0 Å². The molecule has 0 N–H and O–H groups in total. The molecule has 1 heteroatoms. The molecule has 13 heavy (non-hydrogen) atoms. The Labute approximate surface area is 88.8 Å². The summed E-state index contributed by atoms with van der Waals surface area (Å²) < 4.78 is 1.16. The molecule has 0 aliphatic heterocycles. The van der Waals surface area contributed by atoms with Crippen molar-refractivity contribution in [1.29, 1.82) is 0 Å². The van der Waals surface area contributed by atoms with E-state index < -0.39 is 0 Å². The number of rotatable bonds is 3. The molecule has 70 valence electrons. The molecule has 0 bridgehead atoms. The van der Waals surface area contributed by atoms with E-state index >= 15 is 0 Å². The third-order valence-electron chi connectivity index (χ3n) is 2.02. The van der Waals surface area contributed by atoms with Crippen LogP contribution >= 0.6 is 15.9 Å². The van der Waals surface area contributed by atoms with E-state index in [4.69, 9.17) is 0 Å². The quantitative estimate of drug-likeness (QED) is 0.733. The second-order valence-corrected chi connectivity index (χ2v) is 3.94. The Hall–Kier alpha value is -0.560. The molecule has 0 aliphatic rings. The molecular formula is C12H15Br. The third-order valence-corrected chi connectivity index (χ3v) is 2.94. The fourth-order valence-electron chi connectivity index (χ4n) is 1.29. The van der Waals surface area contributed by atoms with Gasteiger partial charge in [0.15, 0.2) is 0 Å². The molecule has 1 rings (SSSR count). The first kappa shape index (κ1) is 10.5. The van der Waals surface area contributed by atoms with Crippen LogP contribution in [0.1, 0.15) is 31.4 Å². The zero-order valence-electron chi connectivity index (χ0n) is 8.18. The van der Waals surface area contributed by atoms with Gasteiger partial charge in [-0.1, -0.05) is 59.6 Å². The predicted octanol–water partition coefficient (Wildman–Crippen LogP) is 4.39. The van der Waals surface area contributed by atoms with E-state index in [0.717, 1.165) is 4.48 Å². The van der Waals surface area contributed by atoms with Crippen molar-refractivity contribution in [2.75, 3.05) is 0 Å². The highest BCUT2D eigenvalue weighted by molar-refractivity contribution is 9.15. The SMILES string of the molecule is C/C=C(\Br)c1ccc(CCC)cc1. The van der Waals surface area contributed by atoms with E-state index in [2.05, 4.69) is 53.2 Å². The summed E-state index contributed by atoms with van der Waals surface area (Å²) >= 11 is 3.51. The fourth-order valence-corrected chi connectivity index (χ4v) is 1.55. The van der Waals surface area contributed by atoms with Crippen LogP contribution < -0.4 is 0 Å². The van der Waals surface area contributed by atoms with Gasteiger partial charge in [0.05, 0.1) is 0 Å².